The van der Waals surface area contributed by atoms with Crippen molar-refractivity contribution in [1.29, 1.82) is 0 Å². The summed E-state index contributed by atoms with van der Waals surface area (Å²) in [6, 6.07) is 7.97. The number of rotatable bonds is 7. The molecule has 0 radical (unpaired) electrons. The van der Waals surface area contributed by atoms with Crippen molar-refractivity contribution in [1.82, 2.24) is 9.97 Å². The lowest BCUT2D eigenvalue weighted by Crippen LogP contribution is -2.32. The summed E-state index contributed by atoms with van der Waals surface area (Å²) >= 11 is 0. The van der Waals surface area contributed by atoms with Gasteiger partial charge in [0, 0.05) is 38.1 Å². The Kier molecular flexibility index (Phi) is 6.59. The van der Waals surface area contributed by atoms with Crippen molar-refractivity contribution in [3.05, 3.63) is 42.4 Å². The van der Waals surface area contributed by atoms with Crippen LogP contribution in [0.3, 0.4) is 0 Å². The van der Waals surface area contributed by atoms with Gasteiger partial charge in [0.05, 0.1) is 19.0 Å². The van der Waals surface area contributed by atoms with Gasteiger partial charge in [-0.2, -0.15) is 0 Å². The lowest BCUT2D eigenvalue weighted by molar-refractivity contribution is 0.102. The zero-order valence-electron chi connectivity index (χ0n) is 15.9. The van der Waals surface area contributed by atoms with E-state index in [-0.39, 0.29) is 11.6 Å². The lowest BCUT2D eigenvalue weighted by atomic mass is 9.99. The number of ether oxygens (including phenoxy) is 1. The summed E-state index contributed by atoms with van der Waals surface area (Å²) in [7, 11) is 1.64. The number of carbonyl (C=O) groups excluding carboxylic acids is 1. The van der Waals surface area contributed by atoms with Gasteiger partial charge in [0.25, 0.3) is 5.91 Å². The molecule has 0 bridgehead atoms. The van der Waals surface area contributed by atoms with E-state index in [4.69, 9.17) is 4.74 Å². The molecule has 1 aliphatic rings. The molecule has 1 amide bonds. The third-order valence-corrected chi connectivity index (χ3v) is 4.77. The van der Waals surface area contributed by atoms with E-state index < -0.39 is 0 Å². The SMILES string of the molecule is COCCNc1cnc(C(=O)Nc2ccc(N3CCC(C)CC3)cc2)cn1. The van der Waals surface area contributed by atoms with Gasteiger partial charge in [-0.1, -0.05) is 6.92 Å². The molecule has 2 N–H and O–H groups in total. The molecule has 0 saturated carbocycles. The van der Waals surface area contributed by atoms with Crippen LogP contribution in [0.1, 0.15) is 30.3 Å². The highest BCUT2D eigenvalue weighted by Gasteiger charge is 2.16. The summed E-state index contributed by atoms with van der Waals surface area (Å²) in [4.78, 5) is 23.1. The second-order valence-corrected chi connectivity index (χ2v) is 6.88. The second-order valence-electron chi connectivity index (χ2n) is 6.88. The third-order valence-electron chi connectivity index (χ3n) is 4.77. The summed E-state index contributed by atoms with van der Waals surface area (Å²) < 4.78 is 4.97. The van der Waals surface area contributed by atoms with Crippen molar-refractivity contribution in [3.8, 4) is 0 Å². The Hall–Kier alpha value is -2.67. The van der Waals surface area contributed by atoms with Crippen LogP contribution < -0.4 is 15.5 Å². The van der Waals surface area contributed by atoms with Crippen LogP contribution in [0.2, 0.25) is 0 Å². The monoisotopic (exact) mass is 369 g/mol. The molecule has 7 nitrogen and oxygen atoms in total. The van der Waals surface area contributed by atoms with Crippen molar-refractivity contribution >= 4 is 23.1 Å². The van der Waals surface area contributed by atoms with Crippen LogP contribution in [0, 0.1) is 5.92 Å². The molecule has 1 fully saturated rings. The molecule has 27 heavy (non-hydrogen) atoms. The molecule has 2 aromatic rings. The van der Waals surface area contributed by atoms with Crippen molar-refractivity contribution in [3.63, 3.8) is 0 Å². The van der Waals surface area contributed by atoms with Crippen LogP contribution in [0.5, 0.6) is 0 Å². The summed E-state index contributed by atoms with van der Waals surface area (Å²) in [5.74, 6) is 1.15. The quantitative estimate of drug-likeness (QED) is 0.731. The smallest absolute Gasteiger partial charge is 0.275 e. The third kappa shape index (κ3) is 5.40. The molecule has 1 saturated heterocycles. The van der Waals surface area contributed by atoms with Crippen molar-refractivity contribution in [2.24, 2.45) is 5.92 Å². The van der Waals surface area contributed by atoms with Crippen LogP contribution in [0.25, 0.3) is 0 Å². The number of anilines is 3. The van der Waals surface area contributed by atoms with Gasteiger partial charge in [0.15, 0.2) is 0 Å². The summed E-state index contributed by atoms with van der Waals surface area (Å²) in [6.45, 7) is 5.71. The molecule has 1 aliphatic heterocycles. The van der Waals surface area contributed by atoms with Crippen molar-refractivity contribution < 1.29 is 9.53 Å². The highest BCUT2D eigenvalue weighted by atomic mass is 16.5. The molecule has 1 aromatic heterocycles. The predicted molar refractivity (Wildman–Crippen MR) is 107 cm³/mol. The first-order valence-corrected chi connectivity index (χ1v) is 9.37. The minimum absolute atomic E-state index is 0.273. The average Bonchev–Trinajstić information content (AvgIpc) is 2.70. The van der Waals surface area contributed by atoms with Crippen LogP contribution in [0.15, 0.2) is 36.7 Å². The first-order chi connectivity index (χ1) is 13.2. The standard InChI is InChI=1S/C20H27N5O2/c1-15-7-10-25(11-8-15)17-5-3-16(4-6-17)24-20(26)18-13-23-19(14-22-18)21-9-12-27-2/h3-6,13-15H,7-12H2,1-2H3,(H,21,23)(H,24,26). The Balaban J connectivity index is 1.54. The minimum atomic E-state index is -0.273. The lowest BCUT2D eigenvalue weighted by Gasteiger charge is -2.32. The molecule has 2 heterocycles. The van der Waals surface area contributed by atoms with E-state index >= 15 is 0 Å². The van der Waals surface area contributed by atoms with Crippen molar-refractivity contribution in [2.75, 3.05) is 48.9 Å². The van der Waals surface area contributed by atoms with E-state index in [0.29, 0.717) is 19.0 Å². The number of benzene rings is 1. The molecular formula is C20H27N5O2. The van der Waals surface area contributed by atoms with E-state index in [1.54, 1.807) is 13.3 Å². The number of hydrogen-bond donors (Lipinski definition) is 2. The van der Waals surface area contributed by atoms with Gasteiger partial charge < -0.3 is 20.3 Å². The molecule has 7 heteroatoms. The number of aromatic nitrogens is 2. The van der Waals surface area contributed by atoms with Gasteiger partial charge >= 0.3 is 0 Å². The van der Waals surface area contributed by atoms with Gasteiger partial charge in [-0.25, -0.2) is 9.97 Å². The molecule has 0 atom stereocenters. The number of piperidine rings is 1. The molecule has 3 rings (SSSR count). The maximum Gasteiger partial charge on any atom is 0.275 e. The number of carbonyl (C=O) groups is 1. The predicted octanol–water partition coefficient (Wildman–Crippen LogP) is 3.02. The molecule has 0 aliphatic carbocycles. The van der Waals surface area contributed by atoms with Crippen LogP contribution >= 0.6 is 0 Å². The topological polar surface area (TPSA) is 79.4 Å². The summed E-state index contributed by atoms with van der Waals surface area (Å²) in [5, 5.41) is 5.93. The van der Waals surface area contributed by atoms with E-state index in [9.17, 15) is 4.79 Å². The molecule has 1 aromatic carbocycles. The van der Waals surface area contributed by atoms with E-state index in [2.05, 4.69) is 44.6 Å². The van der Waals surface area contributed by atoms with Crippen LogP contribution in [-0.2, 0) is 4.74 Å². The van der Waals surface area contributed by atoms with E-state index in [0.717, 1.165) is 24.7 Å². The maximum atomic E-state index is 12.3. The minimum Gasteiger partial charge on any atom is -0.383 e. The van der Waals surface area contributed by atoms with Crippen LogP contribution in [0.4, 0.5) is 17.2 Å². The molecule has 144 valence electrons. The maximum absolute atomic E-state index is 12.3. The van der Waals surface area contributed by atoms with Gasteiger partial charge in [0.2, 0.25) is 0 Å². The van der Waals surface area contributed by atoms with Crippen LogP contribution in [-0.4, -0.2) is 49.2 Å². The van der Waals surface area contributed by atoms with Gasteiger partial charge in [0.1, 0.15) is 11.5 Å². The molecule has 0 unspecified atom stereocenters. The molecule has 0 spiro atoms. The zero-order valence-corrected chi connectivity index (χ0v) is 15.9. The summed E-state index contributed by atoms with van der Waals surface area (Å²) in [6.07, 6.45) is 5.47. The van der Waals surface area contributed by atoms with E-state index in [1.165, 1.54) is 24.7 Å². The summed E-state index contributed by atoms with van der Waals surface area (Å²) in [5.41, 5.74) is 2.23. The highest BCUT2D eigenvalue weighted by molar-refractivity contribution is 6.02. The number of nitrogens with zero attached hydrogens (tertiary/aromatic N) is 3. The van der Waals surface area contributed by atoms with Gasteiger partial charge in [-0.3, -0.25) is 4.79 Å². The van der Waals surface area contributed by atoms with Crippen molar-refractivity contribution in [2.45, 2.75) is 19.8 Å². The number of methoxy groups -OCH3 is 1. The first kappa shape index (κ1) is 19.1. The highest BCUT2D eigenvalue weighted by Crippen LogP contribution is 2.24. The van der Waals surface area contributed by atoms with Gasteiger partial charge in [-0.05, 0) is 43.0 Å². The number of nitrogens with one attached hydrogen (secondary N) is 2. The second kappa shape index (κ2) is 9.32. The fraction of sp³-hybridized carbons (Fsp3) is 0.450. The van der Waals surface area contributed by atoms with E-state index in [1.807, 2.05) is 12.1 Å². The first-order valence-electron chi connectivity index (χ1n) is 9.37. The van der Waals surface area contributed by atoms with Gasteiger partial charge in [-0.15, -0.1) is 0 Å². The average molecular weight is 369 g/mol. The zero-order chi connectivity index (χ0) is 19.1. The molecular weight excluding hydrogens is 342 g/mol. The Morgan fingerprint density at radius 2 is 1.93 bits per heavy atom. The Bertz CT molecular complexity index is 725. The number of amides is 1. The number of hydrogen-bond acceptors (Lipinski definition) is 6. The fourth-order valence-corrected chi connectivity index (χ4v) is 3.04. The Morgan fingerprint density at radius 1 is 1.19 bits per heavy atom. The Morgan fingerprint density at radius 3 is 2.56 bits per heavy atom. The Labute approximate surface area is 160 Å². The largest absolute Gasteiger partial charge is 0.383 e. The normalized spacial score (nSPS) is 14.8. The fourth-order valence-electron chi connectivity index (χ4n) is 3.04.